The quantitative estimate of drug-likeness (QED) is 0.751. The minimum absolute atomic E-state index is 0.112. The third-order valence-corrected chi connectivity index (χ3v) is 2.28. The second kappa shape index (κ2) is 4.27. The van der Waals surface area contributed by atoms with Crippen LogP contribution in [-0.4, -0.2) is 23.6 Å². The third-order valence-electron chi connectivity index (χ3n) is 2.28. The Morgan fingerprint density at radius 1 is 1.60 bits per heavy atom. The van der Waals surface area contributed by atoms with Crippen LogP contribution in [0.4, 0.5) is 11.5 Å². The first-order chi connectivity index (χ1) is 7.25. The molecule has 0 saturated carbocycles. The molecule has 1 fully saturated rings. The highest BCUT2D eigenvalue weighted by molar-refractivity contribution is 5.94. The first-order valence-electron chi connectivity index (χ1n) is 4.90. The van der Waals surface area contributed by atoms with Gasteiger partial charge < -0.3 is 15.8 Å². The summed E-state index contributed by atoms with van der Waals surface area (Å²) in [5, 5.41) is 2.73. The summed E-state index contributed by atoms with van der Waals surface area (Å²) in [5.74, 6) is 0.323. The van der Waals surface area contributed by atoms with Crippen LogP contribution in [0.1, 0.15) is 12.8 Å². The van der Waals surface area contributed by atoms with E-state index in [1.807, 2.05) is 0 Å². The fraction of sp³-hybridized carbons (Fsp3) is 0.400. The maximum atomic E-state index is 11.6. The molecule has 1 aliphatic heterocycles. The minimum atomic E-state index is -0.317. The molecule has 1 aromatic rings. The normalized spacial score (nSPS) is 20.1. The molecule has 1 aliphatic rings. The first kappa shape index (κ1) is 9.92. The van der Waals surface area contributed by atoms with Crippen LogP contribution >= 0.6 is 0 Å². The predicted octanol–water partition coefficient (Wildman–Crippen LogP) is 0.781. The third kappa shape index (κ3) is 2.44. The van der Waals surface area contributed by atoms with Crippen molar-refractivity contribution in [1.29, 1.82) is 0 Å². The van der Waals surface area contributed by atoms with Gasteiger partial charge in [0.1, 0.15) is 11.9 Å². The Bertz CT molecular complexity index is 344. The zero-order valence-electron chi connectivity index (χ0n) is 8.27. The summed E-state index contributed by atoms with van der Waals surface area (Å²) in [6.45, 7) is 0.665. The van der Waals surface area contributed by atoms with Crippen LogP contribution in [-0.2, 0) is 9.53 Å². The molecule has 5 heteroatoms. The molecule has 0 bridgehead atoms. The molecule has 15 heavy (non-hydrogen) atoms. The maximum Gasteiger partial charge on any atom is 0.253 e. The summed E-state index contributed by atoms with van der Waals surface area (Å²) >= 11 is 0. The van der Waals surface area contributed by atoms with Crippen molar-refractivity contribution in [3.63, 3.8) is 0 Å². The van der Waals surface area contributed by atoms with Crippen LogP contribution in [0.2, 0.25) is 0 Å². The number of nitrogen functional groups attached to an aromatic ring is 1. The van der Waals surface area contributed by atoms with Crippen molar-refractivity contribution in [3.8, 4) is 0 Å². The monoisotopic (exact) mass is 207 g/mol. The van der Waals surface area contributed by atoms with E-state index in [9.17, 15) is 4.79 Å². The second-order valence-electron chi connectivity index (χ2n) is 3.46. The van der Waals surface area contributed by atoms with Crippen LogP contribution in [0, 0.1) is 0 Å². The SMILES string of the molecule is Nc1ccc(NC(=O)[C@@H]2CCCO2)cn1. The topological polar surface area (TPSA) is 77.2 Å². The molecule has 80 valence electrons. The molecule has 0 aliphatic carbocycles. The molecular weight excluding hydrogens is 194 g/mol. The summed E-state index contributed by atoms with van der Waals surface area (Å²) in [4.78, 5) is 15.5. The number of amides is 1. The Morgan fingerprint density at radius 2 is 2.47 bits per heavy atom. The zero-order valence-corrected chi connectivity index (χ0v) is 8.27. The number of rotatable bonds is 2. The summed E-state index contributed by atoms with van der Waals surface area (Å²) < 4.78 is 5.25. The lowest BCUT2D eigenvalue weighted by Crippen LogP contribution is -2.26. The number of anilines is 2. The zero-order chi connectivity index (χ0) is 10.7. The number of nitrogens with two attached hydrogens (primary N) is 1. The average Bonchev–Trinajstić information content (AvgIpc) is 2.74. The first-order valence-corrected chi connectivity index (χ1v) is 4.90. The van der Waals surface area contributed by atoms with Crippen LogP contribution in [0.5, 0.6) is 0 Å². The average molecular weight is 207 g/mol. The Morgan fingerprint density at radius 3 is 3.07 bits per heavy atom. The highest BCUT2D eigenvalue weighted by Gasteiger charge is 2.23. The summed E-state index contributed by atoms with van der Waals surface area (Å²) in [6.07, 6.45) is 2.94. The molecule has 1 amide bonds. The molecule has 0 unspecified atom stereocenters. The fourth-order valence-electron chi connectivity index (χ4n) is 1.49. The summed E-state index contributed by atoms with van der Waals surface area (Å²) in [6, 6.07) is 3.36. The molecule has 2 rings (SSSR count). The molecule has 0 radical (unpaired) electrons. The molecule has 3 N–H and O–H groups in total. The number of hydrogen-bond acceptors (Lipinski definition) is 4. The molecular formula is C10H13N3O2. The van der Waals surface area contributed by atoms with Gasteiger partial charge in [0.15, 0.2) is 0 Å². The van der Waals surface area contributed by atoms with E-state index in [1.165, 1.54) is 6.20 Å². The number of pyridine rings is 1. The van der Waals surface area contributed by atoms with Crippen LogP contribution in [0.25, 0.3) is 0 Å². The minimum Gasteiger partial charge on any atom is -0.384 e. The largest absolute Gasteiger partial charge is 0.384 e. The lowest BCUT2D eigenvalue weighted by molar-refractivity contribution is -0.124. The lowest BCUT2D eigenvalue weighted by atomic mass is 10.2. The van der Waals surface area contributed by atoms with Crippen LogP contribution in [0.3, 0.4) is 0 Å². The fourth-order valence-corrected chi connectivity index (χ4v) is 1.49. The van der Waals surface area contributed by atoms with Gasteiger partial charge in [-0.2, -0.15) is 0 Å². The van der Waals surface area contributed by atoms with E-state index in [0.717, 1.165) is 12.8 Å². The van der Waals surface area contributed by atoms with Gasteiger partial charge in [0.2, 0.25) is 0 Å². The highest BCUT2D eigenvalue weighted by atomic mass is 16.5. The van der Waals surface area contributed by atoms with Gasteiger partial charge in [-0.15, -0.1) is 0 Å². The Labute approximate surface area is 87.6 Å². The number of carbonyl (C=O) groups is 1. The van der Waals surface area contributed by atoms with Gasteiger partial charge in [-0.25, -0.2) is 4.98 Å². The number of aromatic nitrogens is 1. The molecule has 1 saturated heterocycles. The molecule has 1 atom stereocenters. The van der Waals surface area contributed by atoms with Crippen molar-refractivity contribution < 1.29 is 9.53 Å². The van der Waals surface area contributed by atoms with Gasteiger partial charge in [-0.1, -0.05) is 0 Å². The molecule has 2 heterocycles. The predicted molar refractivity (Wildman–Crippen MR) is 56.3 cm³/mol. The highest BCUT2D eigenvalue weighted by Crippen LogP contribution is 2.14. The van der Waals surface area contributed by atoms with Crippen molar-refractivity contribution in [2.75, 3.05) is 17.7 Å². The van der Waals surface area contributed by atoms with E-state index in [2.05, 4.69) is 10.3 Å². The molecule has 0 spiro atoms. The molecule has 5 nitrogen and oxygen atoms in total. The van der Waals surface area contributed by atoms with E-state index < -0.39 is 0 Å². The van der Waals surface area contributed by atoms with Gasteiger partial charge in [0, 0.05) is 6.61 Å². The second-order valence-corrected chi connectivity index (χ2v) is 3.46. The number of hydrogen-bond donors (Lipinski definition) is 2. The Balaban J connectivity index is 1.96. The number of carbonyl (C=O) groups excluding carboxylic acids is 1. The van der Waals surface area contributed by atoms with Crippen molar-refractivity contribution in [2.24, 2.45) is 0 Å². The van der Waals surface area contributed by atoms with E-state index in [0.29, 0.717) is 18.1 Å². The standard InChI is InChI=1S/C10H13N3O2/c11-9-4-3-7(6-12-9)13-10(14)8-2-1-5-15-8/h3-4,6,8H,1-2,5H2,(H2,11,12)(H,13,14)/t8-/m0/s1. The van der Waals surface area contributed by atoms with Crippen molar-refractivity contribution in [2.45, 2.75) is 18.9 Å². The number of nitrogens with zero attached hydrogens (tertiary/aromatic N) is 1. The number of ether oxygens (including phenoxy) is 1. The van der Waals surface area contributed by atoms with E-state index in [-0.39, 0.29) is 12.0 Å². The van der Waals surface area contributed by atoms with Crippen LogP contribution < -0.4 is 11.1 Å². The van der Waals surface area contributed by atoms with Crippen molar-refractivity contribution >= 4 is 17.4 Å². The lowest BCUT2D eigenvalue weighted by Gasteiger charge is -2.09. The number of nitrogens with one attached hydrogen (secondary N) is 1. The summed E-state index contributed by atoms with van der Waals surface area (Å²) in [5.41, 5.74) is 6.07. The smallest absolute Gasteiger partial charge is 0.253 e. The van der Waals surface area contributed by atoms with Gasteiger partial charge in [-0.3, -0.25) is 4.79 Å². The van der Waals surface area contributed by atoms with E-state index in [1.54, 1.807) is 12.1 Å². The van der Waals surface area contributed by atoms with Gasteiger partial charge >= 0.3 is 0 Å². The molecule has 1 aromatic heterocycles. The van der Waals surface area contributed by atoms with Crippen LogP contribution in [0.15, 0.2) is 18.3 Å². The van der Waals surface area contributed by atoms with Crippen molar-refractivity contribution in [1.82, 2.24) is 4.98 Å². The summed E-state index contributed by atoms with van der Waals surface area (Å²) in [7, 11) is 0. The van der Waals surface area contributed by atoms with Gasteiger partial charge in [0.25, 0.3) is 5.91 Å². The van der Waals surface area contributed by atoms with Gasteiger partial charge in [-0.05, 0) is 25.0 Å². The molecule has 0 aromatic carbocycles. The Hall–Kier alpha value is -1.62. The van der Waals surface area contributed by atoms with Gasteiger partial charge in [0.05, 0.1) is 11.9 Å². The van der Waals surface area contributed by atoms with E-state index in [4.69, 9.17) is 10.5 Å². The van der Waals surface area contributed by atoms with Crippen molar-refractivity contribution in [3.05, 3.63) is 18.3 Å². The van der Waals surface area contributed by atoms with E-state index >= 15 is 0 Å². The Kier molecular flexibility index (Phi) is 2.82. The maximum absolute atomic E-state index is 11.6.